The lowest BCUT2D eigenvalue weighted by molar-refractivity contribution is -0.163. The summed E-state index contributed by atoms with van der Waals surface area (Å²) in [6.07, 6.45) is 3.16. The Labute approximate surface area is 157 Å². The first-order chi connectivity index (χ1) is 12.9. The van der Waals surface area contributed by atoms with Gasteiger partial charge in [-0.15, -0.1) is 11.3 Å². The maximum absolute atomic E-state index is 12.4. The zero-order valence-electron chi connectivity index (χ0n) is 14.6. The molecule has 0 aliphatic carbocycles. The Kier molecular flexibility index (Phi) is 4.04. The lowest BCUT2D eigenvalue weighted by Crippen LogP contribution is -2.63. The number of carboxylic acids is 1. The van der Waals surface area contributed by atoms with Gasteiger partial charge in [-0.25, -0.2) is 9.78 Å². The molecule has 2 amide bonds. The summed E-state index contributed by atoms with van der Waals surface area (Å²) in [4.78, 5) is 42.0. The van der Waals surface area contributed by atoms with Crippen LogP contribution in [0.4, 0.5) is 0 Å². The van der Waals surface area contributed by atoms with Crippen molar-refractivity contribution in [1.29, 1.82) is 0 Å². The van der Waals surface area contributed by atoms with Gasteiger partial charge in [-0.1, -0.05) is 6.92 Å². The van der Waals surface area contributed by atoms with Crippen molar-refractivity contribution in [1.82, 2.24) is 19.6 Å². The molecule has 3 N–H and O–H groups in total. The van der Waals surface area contributed by atoms with E-state index in [1.165, 1.54) is 16.2 Å². The van der Waals surface area contributed by atoms with Gasteiger partial charge in [-0.2, -0.15) is 0 Å². The molecular weight excluding hydrogens is 372 g/mol. The number of hydrogen-bond acceptors (Lipinski definition) is 6. The summed E-state index contributed by atoms with van der Waals surface area (Å²) in [5.41, 5.74) is 1.26. The highest BCUT2D eigenvalue weighted by Crippen LogP contribution is 2.51. The Balaban J connectivity index is 1.79. The van der Waals surface area contributed by atoms with Crippen molar-refractivity contribution >= 4 is 40.0 Å². The molecule has 2 aliphatic heterocycles. The summed E-state index contributed by atoms with van der Waals surface area (Å²) in [6.45, 7) is 3.71. The minimum absolute atomic E-state index is 0.0144. The number of nitrogens with one attached hydrogen (secondary N) is 1. The molecule has 9 nitrogen and oxygen atoms in total. The molecule has 0 unspecified atom stereocenters. The number of carbonyl (C=O) groups excluding carboxylic acids is 2. The van der Waals surface area contributed by atoms with Gasteiger partial charge >= 0.3 is 5.97 Å². The number of hydrogen-bond donors (Lipinski definition) is 3. The van der Waals surface area contributed by atoms with Crippen molar-refractivity contribution in [3.05, 3.63) is 28.8 Å². The van der Waals surface area contributed by atoms with E-state index in [4.69, 9.17) is 0 Å². The molecule has 142 valence electrons. The lowest BCUT2D eigenvalue weighted by atomic mass is 9.77. The summed E-state index contributed by atoms with van der Waals surface area (Å²) in [5, 5.41) is 22.2. The number of carbonyl (C=O) groups is 3. The van der Waals surface area contributed by atoms with Crippen molar-refractivity contribution in [2.45, 2.75) is 32.5 Å². The number of carboxylic acid groups (broad SMARTS) is 1. The van der Waals surface area contributed by atoms with Gasteiger partial charge in [0.05, 0.1) is 35.2 Å². The third-order valence-electron chi connectivity index (χ3n) is 5.28. The predicted molar refractivity (Wildman–Crippen MR) is 95.5 cm³/mol. The van der Waals surface area contributed by atoms with E-state index in [0.29, 0.717) is 17.7 Å². The van der Waals surface area contributed by atoms with Crippen molar-refractivity contribution < 1.29 is 24.6 Å². The molecular formula is C17H18N4O5S. The maximum atomic E-state index is 12.4. The number of rotatable bonds is 6. The van der Waals surface area contributed by atoms with Crippen LogP contribution in [0.3, 0.4) is 0 Å². The van der Waals surface area contributed by atoms with Crippen molar-refractivity contribution in [3.8, 4) is 0 Å². The average Bonchev–Trinajstić information content (AvgIpc) is 3.23. The molecule has 10 heteroatoms. The number of aliphatic carboxylic acids is 1. The summed E-state index contributed by atoms with van der Waals surface area (Å²) in [6, 6.07) is -0.352. The van der Waals surface area contributed by atoms with Gasteiger partial charge in [0.1, 0.15) is 16.9 Å². The Hall–Kier alpha value is -2.72. The minimum atomic E-state index is -1.16. The normalized spacial score (nSPS) is 25.5. The van der Waals surface area contributed by atoms with E-state index in [2.05, 4.69) is 10.3 Å². The third kappa shape index (κ3) is 2.40. The SMILES string of the molecule is C[C@@H](O)[C@H]1C(=O)N2C(C(=O)O)=C(c3cn4cnc(CNC=O)c4s3)[C@H](C)[C@H]12. The highest BCUT2D eigenvalue weighted by atomic mass is 32.1. The summed E-state index contributed by atoms with van der Waals surface area (Å²) >= 11 is 1.37. The van der Waals surface area contributed by atoms with Crippen LogP contribution in [0.1, 0.15) is 24.4 Å². The van der Waals surface area contributed by atoms with Gasteiger partial charge in [0.25, 0.3) is 0 Å². The molecule has 0 saturated carbocycles. The van der Waals surface area contributed by atoms with Gasteiger partial charge in [-0.05, 0) is 6.92 Å². The van der Waals surface area contributed by atoms with Gasteiger partial charge in [-0.3, -0.25) is 14.0 Å². The smallest absolute Gasteiger partial charge is 0.352 e. The number of nitrogens with zero attached hydrogens (tertiary/aromatic N) is 3. The van der Waals surface area contributed by atoms with E-state index >= 15 is 0 Å². The second-order valence-corrected chi connectivity index (χ2v) is 7.85. The van der Waals surface area contributed by atoms with E-state index in [1.54, 1.807) is 23.8 Å². The number of aliphatic hydroxyl groups is 1. The molecule has 1 saturated heterocycles. The average molecular weight is 390 g/mol. The van der Waals surface area contributed by atoms with Crippen molar-refractivity contribution in [2.75, 3.05) is 0 Å². The number of β-lactam (4-membered cyclic amide) rings is 1. The van der Waals surface area contributed by atoms with Crippen LogP contribution in [0.15, 0.2) is 18.2 Å². The molecule has 0 spiro atoms. The highest BCUT2D eigenvalue weighted by Gasteiger charge is 2.60. The molecule has 27 heavy (non-hydrogen) atoms. The first-order valence-corrected chi connectivity index (χ1v) is 9.29. The Morgan fingerprint density at radius 2 is 2.26 bits per heavy atom. The van der Waals surface area contributed by atoms with Crippen LogP contribution in [0.25, 0.3) is 10.4 Å². The van der Waals surface area contributed by atoms with Crippen LogP contribution >= 0.6 is 11.3 Å². The van der Waals surface area contributed by atoms with Crippen LogP contribution < -0.4 is 5.32 Å². The quantitative estimate of drug-likeness (QED) is 0.481. The molecule has 1 fully saturated rings. The Morgan fingerprint density at radius 1 is 1.52 bits per heavy atom. The fourth-order valence-corrected chi connectivity index (χ4v) is 5.34. The summed E-state index contributed by atoms with van der Waals surface area (Å²) < 4.78 is 1.78. The van der Waals surface area contributed by atoms with Gasteiger partial charge in [0, 0.05) is 17.7 Å². The molecule has 0 radical (unpaired) electrons. The predicted octanol–water partition coefficient (Wildman–Crippen LogP) is 0.295. The van der Waals surface area contributed by atoms with Gasteiger partial charge < -0.3 is 20.4 Å². The summed E-state index contributed by atoms with van der Waals surface area (Å²) in [5.74, 6) is -2.32. The Morgan fingerprint density at radius 3 is 2.89 bits per heavy atom. The third-order valence-corrected chi connectivity index (χ3v) is 6.46. The van der Waals surface area contributed by atoms with Crippen LogP contribution in [0.2, 0.25) is 0 Å². The summed E-state index contributed by atoms with van der Waals surface area (Å²) in [7, 11) is 0. The standard InChI is InChI=1S/C17H18N4O5S/c1-7-11(10-4-20-5-19-9(3-18-6-22)16(20)27-10)14(17(25)26)21-13(7)12(8(2)23)15(21)24/h4-8,12-13,23H,3H2,1-2H3,(H,18,22)(H,25,26)/t7-,8+,12+,13+/m0/s1. The topological polar surface area (TPSA) is 124 Å². The van der Waals surface area contributed by atoms with E-state index in [9.17, 15) is 24.6 Å². The van der Waals surface area contributed by atoms with Crippen LogP contribution in [-0.4, -0.2) is 54.9 Å². The first-order valence-electron chi connectivity index (χ1n) is 8.48. The number of fused-ring (bicyclic) bond motifs is 2. The van der Waals surface area contributed by atoms with Crippen LogP contribution in [-0.2, 0) is 20.9 Å². The molecule has 0 bridgehead atoms. The molecule has 2 aromatic rings. The minimum Gasteiger partial charge on any atom is -0.477 e. The monoisotopic (exact) mass is 390 g/mol. The van der Waals surface area contributed by atoms with Crippen molar-refractivity contribution in [2.24, 2.45) is 11.8 Å². The number of thiazole rings is 1. The second-order valence-electron chi connectivity index (χ2n) is 6.82. The van der Waals surface area contributed by atoms with Crippen LogP contribution in [0, 0.1) is 11.8 Å². The number of aliphatic hydroxyl groups excluding tert-OH is 1. The molecule has 4 rings (SSSR count). The number of imidazole rings is 1. The van der Waals surface area contributed by atoms with E-state index in [1.807, 2.05) is 6.92 Å². The van der Waals surface area contributed by atoms with Gasteiger partial charge in [0.15, 0.2) is 0 Å². The molecule has 4 atom stereocenters. The lowest BCUT2D eigenvalue weighted by Gasteiger charge is -2.46. The first kappa shape index (κ1) is 17.7. The number of amides is 2. The molecule has 4 heterocycles. The number of aromatic nitrogens is 2. The van der Waals surface area contributed by atoms with Crippen molar-refractivity contribution in [3.63, 3.8) is 0 Å². The van der Waals surface area contributed by atoms with E-state index in [-0.39, 0.29) is 30.1 Å². The largest absolute Gasteiger partial charge is 0.477 e. The molecule has 2 aliphatic rings. The molecule has 2 aromatic heterocycles. The van der Waals surface area contributed by atoms with E-state index in [0.717, 1.165) is 9.71 Å². The fraction of sp³-hybridized carbons (Fsp3) is 0.412. The highest BCUT2D eigenvalue weighted by molar-refractivity contribution is 7.18. The maximum Gasteiger partial charge on any atom is 0.352 e. The zero-order valence-corrected chi connectivity index (χ0v) is 15.4. The molecule has 0 aromatic carbocycles. The zero-order chi connectivity index (χ0) is 19.5. The fourth-order valence-electron chi connectivity index (χ4n) is 4.13. The Bertz CT molecular complexity index is 991. The van der Waals surface area contributed by atoms with Gasteiger partial charge in [0.2, 0.25) is 12.3 Å². The van der Waals surface area contributed by atoms with E-state index < -0.39 is 18.0 Å². The van der Waals surface area contributed by atoms with Crippen LogP contribution in [0.5, 0.6) is 0 Å². The second kappa shape index (κ2) is 6.17.